The largest absolute Gasteiger partial charge is 0.480 e. The SMILES string of the molecule is Cc1cc(C[C@@H](NC(=O)OCC2c3ccccc3-c3ccccc32)C(=O)O)ccc1F. The topological polar surface area (TPSA) is 75.6 Å². The molecule has 0 aliphatic heterocycles. The third-order valence-corrected chi connectivity index (χ3v) is 5.60. The maximum absolute atomic E-state index is 13.5. The van der Waals surface area contributed by atoms with Gasteiger partial charge in [-0.25, -0.2) is 14.0 Å². The average molecular weight is 419 g/mol. The maximum Gasteiger partial charge on any atom is 0.407 e. The van der Waals surface area contributed by atoms with Crippen LogP contribution in [0.1, 0.15) is 28.2 Å². The summed E-state index contributed by atoms with van der Waals surface area (Å²) in [6.07, 6.45) is -0.770. The lowest BCUT2D eigenvalue weighted by molar-refractivity contribution is -0.139. The fourth-order valence-electron chi connectivity index (χ4n) is 4.05. The standard InChI is InChI=1S/C25H22FNO4/c1-15-12-16(10-11-22(15)26)13-23(24(28)29)27-25(30)31-14-21-19-8-4-2-6-17(19)18-7-3-5-9-20(18)21/h2-12,21,23H,13-14H2,1H3,(H,27,30)(H,28,29)/t23-/m1/s1. The van der Waals surface area contributed by atoms with E-state index in [2.05, 4.69) is 5.32 Å². The molecule has 0 heterocycles. The second-order valence-corrected chi connectivity index (χ2v) is 7.65. The van der Waals surface area contributed by atoms with E-state index in [9.17, 15) is 19.1 Å². The van der Waals surface area contributed by atoms with Gasteiger partial charge in [0.1, 0.15) is 18.5 Å². The van der Waals surface area contributed by atoms with Crippen LogP contribution in [0.15, 0.2) is 66.7 Å². The van der Waals surface area contributed by atoms with Gasteiger partial charge < -0.3 is 15.2 Å². The summed E-state index contributed by atoms with van der Waals surface area (Å²) in [5, 5.41) is 11.9. The molecular weight excluding hydrogens is 397 g/mol. The van der Waals surface area contributed by atoms with Crippen molar-refractivity contribution < 1.29 is 23.8 Å². The molecule has 3 aromatic rings. The summed E-state index contributed by atoms with van der Waals surface area (Å²) in [4.78, 5) is 24.0. The lowest BCUT2D eigenvalue weighted by Gasteiger charge is -2.17. The zero-order valence-corrected chi connectivity index (χ0v) is 17.0. The van der Waals surface area contributed by atoms with Crippen molar-refractivity contribution in [1.29, 1.82) is 0 Å². The molecule has 0 saturated heterocycles. The van der Waals surface area contributed by atoms with Gasteiger partial charge >= 0.3 is 12.1 Å². The number of fused-ring (bicyclic) bond motifs is 3. The Bertz CT molecular complexity index is 1100. The number of carbonyl (C=O) groups excluding carboxylic acids is 1. The van der Waals surface area contributed by atoms with Gasteiger partial charge in [-0.3, -0.25) is 0 Å². The highest BCUT2D eigenvalue weighted by Crippen LogP contribution is 2.44. The molecule has 1 aliphatic carbocycles. The minimum Gasteiger partial charge on any atom is -0.480 e. The number of aliphatic carboxylic acids is 1. The van der Waals surface area contributed by atoms with Crippen molar-refractivity contribution >= 4 is 12.1 Å². The van der Waals surface area contributed by atoms with Gasteiger partial charge in [-0.1, -0.05) is 60.7 Å². The Hall–Kier alpha value is -3.67. The van der Waals surface area contributed by atoms with Gasteiger partial charge in [-0.2, -0.15) is 0 Å². The van der Waals surface area contributed by atoms with E-state index in [-0.39, 0.29) is 24.8 Å². The van der Waals surface area contributed by atoms with Gasteiger partial charge in [0.15, 0.2) is 0 Å². The van der Waals surface area contributed by atoms with Gasteiger partial charge in [-0.15, -0.1) is 0 Å². The number of nitrogens with one attached hydrogen (secondary N) is 1. The molecule has 0 bridgehead atoms. The number of amides is 1. The van der Waals surface area contributed by atoms with Crippen LogP contribution in [-0.2, 0) is 16.0 Å². The maximum atomic E-state index is 13.5. The molecule has 0 aromatic heterocycles. The first-order valence-corrected chi connectivity index (χ1v) is 10.0. The molecular formula is C25H22FNO4. The molecule has 2 N–H and O–H groups in total. The summed E-state index contributed by atoms with van der Waals surface area (Å²) in [5.41, 5.74) is 5.42. The first-order chi connectivity index (χ1) is 14.9. The number of aryl methyl sites for hydroxylation is 1. The predicted octanol–water partition coefficient (Wildman–Crippen LogP) is 4.67. The van der Waals surface area contributed by atoms with E-state index < -0.39 is 18.1 Å². The summed E-state index contributed by atoms with van der Waals surface area (Å²) in [5.74, 6) is -1.66. The van der Waals surface area contributed by atoms with E-state index in [4.69, 9.17) is 4.74 Å². The first kappa shape index (κ1) is 20.6. The molecule has 1 atom stereocenters. The molecule has 158 valence electrons. The highest BCUT2D eigenvalue weighted by Gasteiger charge is 2.29. The van der Waals surface area contributed by atoms with Gasteiger partial charge in [0, 0.05) is 12.3 Å². The Kier molecular flexibility index (Phi) is 5.71. The van der Waals surface area contributed by atoms with E-state index in [1.807, 2.05) is 48.5 Å². The summed E-state index contributed by atoms with van der Waals surface area (Å²) in [6.45, 7) is 1.70. The predicted molar refractivity (Wildman–Crippen MR) is 114 cm³/mol. The van der Waals surface area contributed by atoms with Crippen LogP contribution in [0, 0.1) is 12.7 Å². The summed E-state index contributed by atoms with van der Waals surface area (Å²) in [7, 11) is 0. The summed E-state index contributed by atoms with van der Waals surface area (Å²) in [6, 6.07) is 19.1. The summed E-state index contributed by atoms with van der Waals surface area (Å²) < 4.78 is 18.9. The van der Waals surface area contributed by atoms with Crippen LogP contribution in [0.2, 0.25) is 0 Å². The molecule has 3 aromatic carbocycles. The highest BCUT2D eigenvalue weighted by atomic mass is 19.1. The molecule has 4 rings (SSSR count). The van der Waals surface area contributed by atoms with Gasteiger partial charge in [0.2, 0.25) is 0 Å². The van der Waals surface area contributed by atoms with Crippen molar-refractivity contribution in [3.63, 3.8) is 0 Å². The Morgan fingerprint density at radius 3 is 2.23 bits per heavy atom. The van der Waals surface area contributed by atoms with Crippen molar-refractivity contribution in [3.05, 3.63) is 94.8 Å². The number of rotatable bonds is 6. The number of carbonyl (C=O) groups is 2. The second-order valence-electron chi connectivity index (χ2n) is 7.65. The van der Waals surface area contributed by atoms with Gasteiger partial charge in [-0.05, 0) is 46.4 Å². The monoisotopic (exact) mass is 419 g/mol. The zero-order valence-electron chi connectivity index (χ0n) is 17.0. The van der Waals surface area contributed by atoms with E-state index >= 15 is 0 Å². The summed E-state index contributed by atoms with van der Waals surface area (Å²) >= 11 is 0. The minimum atomic E-state index is -1.18. The van der Waals surface area contributed by atoms with Crippen molar-refractivity contribution in [2.45, 2.75) is 25.3 Å². The number of halogens is 1. The van der Waals surface area contributed by atoms with Gasteiger partial charge in [0.05, 0.1) is 0 Å². The number of alkyl carbamates (subject to hydrolysis) is 1. The van der Waals surface area contributed by atoms with Crippen molar-refractivity contribution in [3.8, 4) is 11.1 Å². The third kappa shape index (κ3) is 4.28. The Labute approximate surface area is 179 Å². The lowest BCUT2D eigenvalue weighted by Crippen LogP contribution is -2.42. The van der Waals surface area contributed by atoms with Crippen LogP contribution in [0.25, 0.3) is 11.1 Å². The molecule has 0 fully saturated rings. The molecule has 1 aliphatic rings. The molecule has 31 heavy (non-hydrogen) atoms. The third-order valence-electron chi connectivity index (χ3n) is 5.60. The van der Waals surface area contributed by atoms with Crippen LogP contribution in [0.5, 0.6) is 0 Å². The lowest BCUT2D eigenvalue weighted by atomic mass is 9.98. The van der Waals surface area contributed by atoms with Crippen LogP contribution < -0.4 is 5.32 Å². The number of ether oxygens (including phenoxy) is 1. The number of benzene rings is 3. The van der Waals surface area contributed by atoms with Crippen LogP contribution in [0.3, 0.4) is 0 Å². The smallest absolute Gasteiger partial charge is 0.407 e. The fraction of sp³-hybridized carbons (Fsp3) is 0.200. The molecule has 5 nitrogen and oxygen atoms in total. The molecule has 1 amide bonds. The van der Waals surface area contributed by atoms with Crippen LogP contribution in [-0.4, -0.2) is 29.8 Å². The molecule has 0 saturated carbocycles. The average Bonchev–Trinajstić information content (AvgIpc) is 3.08. The number of carboxylic acids is 1. The second kappa shape index (κ2) is 8.60. The molecule has 0 unspecified atom stereocenters. The van der Waals surface area contributed by atoms with Gasteiger partial charge in [0.25, 0.3) is 0 Å². The molecule has 0 spiro atoms. The number of hydrogen-bond acceptors (Lipinski definition) is 3. The normalized spacial score (nSPS) is 13.2. The molecule has 0 radical (unpaired) electrons. The Balaban J connectivity index is 1.43. The Morgan fingerprint density at radius 1 is 1.03 bits per heavy atom. The minimum absolute atomic E-state index is 0.0284. The fourth-order valence-corrected chi connectivity index (χ4v) is 4.05. The van der Waals surface area contributed by atoms with E-state index in [1.54, 1.807) is 13.0 Å². The highest BCUT2D eigenvalue weighted by molar-refractivity contribution is 5.81. The Morgan fingerprint density at radius 2 is 1.65 bits per heavy atom. The van der Waals surface area contributed by atoms with Crippen molar-refractivity contribution in [1.82, 2.24) is 5.32 Å². The quantitative estimate of drug-likeness (QED) is 0.609. The first-order valence-electron chi connectivity index (χ1n) is 10.0. The number of hydrogen-bond donors (Lipinski definition) is 2. The zero-order chi connectivity index (χ0) is 22.0. The van der Waals surface area contributed by atoms with Crippen molar-refractivity contribution in [2.75, 3.05) is 6.61 Å². The van der Waals surface area contributed by atoms with Crippen molar-refractivity contribution in [2.24, 2.45) is 0 Å². The number of carboxylic acid groups (broad SMARTS) is 1. The van der Waals surface area contributed by atoms with Crippen LogP contribution in [0.4, 0.5) is 9.18 Å². The van der Waals surface area contributed by atoms with E-state index in [0.717, 1.165) is 22.3 Å². The van der Waals surface area contributed by atoms with E-state index in [0.29, 0.717) is 11.1 Å². The molecule has 6 heteroatoms. The van der Waals surface area contributed by atoms with E-state index in [1.165, 1.54) is 12.1 Å². The van der Waals surface area contributed by atoms with Crippen LogP contribution >= 0.6 is 0 Å².